The molecule has 0 bridgehead atoms. The first kappa shape index (κ1) is 20.7. The topological polar surface area (TPSA) is 67.6 Å². The summed E-state index contributed by atoms with van der Waals surface area (Å²) < 4.78 is 8.53. The summed E-state index contributed by atoms with van der Waals surface area (Å²) in [5.41, 5.74) is 7.26. The third kappa shape index (κ3) is 5.26. The number of hydrazone groups is 1. The highest BCUT2D eigenvalue weighted by atomic mass is 79.9. The van der Waals surface area contributed by atoms with Crippen LogP contribution in [0.1, 0.15) is 23.9 Å². The number of ether oxygens (including phenoxy) is 1. The maximum Gasteiger partial charge on any atom is 0.339 e. The van der Waals surface area contributed by atoms with Crippen molar-refractivity contribution in [2.45, 2.75) is 20.8 Å². The molecular weight excluding hydrogens is 432 g/mol. The van der Waals surface area contributed by atoms with E-state index < -0.39 is 6.03 Å². The molecule has 0 radical (unpaired) electrons. The van der Waals surface area contributed by atoms with Crippen LogP contribution in [0.15, 0.2) is 64.2 Å². The largest absolute Gasteiger partial charge is 0.494 e. The van der Waals surface area contributed by atoms with Crippen LogP contribution in [0.25, 0.3) is 5.69 Å². The number of rotatable bonds is 6. The first-order chi connectivity index (χ1) is 14.0. The van der Waals surface area contributed by atoms with E-state index in [0.717, 1.165) is 32.9 Å². The highest BCUT2D eigenvalue weighted by molar-refractivity contribution is 9.10. The molecule has 0 aliphatic carbocycles. The third-order valence-corrected chi connectivity index (χ3v) is 4.82. The Morgan fingerprint density at radius 2 is 1.93 bits per heavy atom. The molecule has 0 atom stereocenters. The number of nitrogens with zero attached hydrogens (tertiary/aromatic N) is 2. The van der Waals surface area contributed by atoms with Gasteiger partial charge in [0.2, 0.25) is 0 Å². The summed E-state index contributed by atoms with van der Waals surface area (Å²) in [7, 11) is 0. The van der Waals surface area contributed by atoms with Gasteiger partial charge in [-0.25, -0.2) is 10.2 Å². The summed E-state index contributed by atoms with van der Waals surface area (Å²) in [6.07, 6.45) is 1.65. The second kappa shape index (κ2) is 9.43. The molecule has 3 aromatic rings. The van der Waals surface area contributed by atoms with Crippen molar-refractivity contribution in [2.75, 3.05) is 11.9 Å². The summed E-state index contributed by atoms with van der Waals surface area (Å²) in [5, 5.41) is 6.81. The number of halogens is 1. The number of hydrogen-bond donors (Lipinski definition) is 2. The molecule has 0 aliphatic heterocycles. The molecule has 150 valence electrons. The lowest BCUT2D eigenvalue weighted by Gasteiger charge is -2.11. The number of carbonyl (C=O) groups excluding carboxylic acids is 1. The quantitative estimate of drug-likeness (QED) is 0.386. The van der Waals surface area contributed by atoms with Crippen LogP contribution < -0.4 is 15.5 Å². The van der Waals surface area contributed by atoms with Crippen LogP contribution in [0.4, 0.5) is 10.5 Å². The lowest BCUT2D eigenvalue weighted by atomic mass is 10.2. The zero-order chi connectivity index (χ0) is 20.8. The van der Waals surface area contributed by atoms with E-state index in [2.05, 4.69) is 36.3 Å². The van der Waals surface area contributed by atoms with Gasteiger partial charge >= 0.3 is 6.03 Å². The van der Waals surface area contributed by atoms with E-state index in [1.54, 1.807) is 12.3 Å². The van der Waals surface area contributed by atoms with Gasteiger partial charge in [-0.1, -0.05) is 22.0 Å². The van der Waals surface area contributed by atoms with E-state index in [9.17, 15) is 4.79 Å². The van der Waals surface area contributed by atoms with E-state index in [-0.39, 0.29) is 0 Å². The molecule has 0 fully saturated rings. The minimum Gasteiger partial charge on any atom is -0.494 e. The van der Waals surface area contributed by atoms with Gasteiger partial charge in [0.05, 0.1) is 12.8 Å². The Balaban J connectivity index is 1.68. The monoisotopic (exact) mass is 454 g/mol. The smallest absolute Gasteiger partial charge is 0.339 e. The normalized spacial score (nSPS) is 10.9. The predicted octanol–water partition coefficient (Wildman–Crippen LogP) is 5.41. The van der Waals surface area contributed by atoms with Gasteiger partial charge < -0.3 is 14.6 Å². The summed E-state index contributed by atoms with van der Waals surface area (Å²) in [4.78, 5) is 12.0. The second-order valence-electron chi connectivity index (χ2n) is 6.42. The average Bonchev–Trinajstić information content (AvgIpc) is 2.96. The molecule has 0 unspecified atom stereocenters. The van der Waals surface area contributed by atoms with Crippen molar-refractivity contribution in [3.8, 4) is 11.4 Å². The summed E-state index contributed by atoms with van der Waals surface area (Å²) in [6, 6.07) is 16.9. The number of amides is 2. The molecule has 2 amide bonds. The second-order valence-corrected chi connectivity index (χ2v) is 7.34. The Morgan fingerprint density at radius 1 is 1.17 bits per heavy atom. The van der Waals surface area contributed by atoms with E-state index in [1.165, 1.54) is 0 Å². The van der Waals surface area contributed by atoms with Crippen molar-refractivity contribution in [3.63, 3.8) is 0 Å². The van der Waals surface area contributed by atoms with Crippen molar-refractivity contribution in [2.24, 2.45) is 5.10 Å². The Morgan fingerprint density at radius 3 is 2.62 bits per heavy atom. The molecule has 2 aromatic carbocycles. The number of anilines is 1. The van der Waals surface area contributed by atoms with Crippen LogP contribution in [0.5, 0.6) is 5.75 Å². The molecule has 0 aliphatic rings. The molecule has 1 heterocycles. The Bertz CT molecular complexity index is 1030. The predicted molar refractivity (Wildman–Crippen MR) is 120 cm³/mol. The van der Waals surface area contributed by atoms with Crippen LogP contribution >= 0.6 is 15.9 Å². The van der Waals surface area contributed by atoms with Crippen LogP contribution in [-0.4, -0.2) is 23.4 Å². The van der Waals surface area contributed by atoms with Gasteiger partial charge in [-0.3, -0.25) is 0 Å². The minimum absolute atomic E-state index is 0.403. The van der Waals surface area contributed by atoms with Gasteiger partial charge in [0.15, 0.2) is 0 Å². The highest BCUT2D eigenvalue weighted by Crippen LogP contribution is 2.22. The first-order valence-corrected chi connectivity index (χ1v) is 10.0. The molecule has 0 saturated heterocycles. The Hall–Kier alpha value is -3.06. The van der Waals surface area contributed by atoms with Crippen molar-refractivity contribution in [3.05, 3.63) is 76.0 Å². The van der Waals surface area contributed by atoms with Crippen LogP contribution in [0.2, 0.25) is 0 Å². The Labute approximate surface area is 178 Å². The zero-order valence-electron chi connectivity index (χ0n) is 16.6. The molecule has 0 saturated carbocycles. The number of benzene rings is 2. The average molecular weight is 455 g/mol. The van der Waals surface area contributed by atoms with E-state index in [1.807, 2.05) is 69.3 Å². The van der Waals surface area contributed by atoms with E-state index in [0.29, 0.717) is 12.3 Å². The molecule has 0 spiro atoms. The van der Waals surface area contributed by atoms with Gasteiger partial charge in [-0.05, 0) is 69.3 Å². The molecule has 3 rings (SSSR count). The first-order valence-electron chi connectivity index (χ1n) is 9.25. The van der Waals surface area contributed by atoms with Crippen LogP contribution in [-0.2, 0) is 0 Å². The van der Waals surface area contributed by atoms with E-state index >= 15 is 0 Å². The summed E-state index contributed by atoms with van der Waals surface area (Å²) >= 11 is 3.37. The zero-order valence-corrected chi connectivity index (χ0v) is 18.2. The fraction of sp³-hybridized carbons (Fsp3) is 0.182. The lowest BCUT2D eigenvalue weighted by Crippen LogP contribution is -2.24. The van der Waals surface area contributed by atoms with Gasteiger partial charge in [0.25, 0.3) is 0 Å². The van der Waals surface area contributed by atoms with Gasteiger partial charge in [-0.2, -0.15) is 5.10 Å². The third-order valence-electron chi connectivity index (χ3n) is 4.33. The molecule has 2 N–H and O–H groups in total. The van der Waals surface area contributed by atoms with Crippen molar-refractivity contribution in [1.82, 2.24) is 9.99 Å². The fourth-order valence-electron chi connectivity index (χ4n) is 3.06. The number of nitrogens with one attached hydrogen (secondary N) is 2. The molecule has 29 heavy (non-hydrogen) atoms. The number of urea groups is 1. The Kier molecular flexibility index (Phi) is 6.72. The fourth-order valence-corrected chi connectivity index (χ4v) is 3.46. The number of aryl methyl sites for hydroxylation is 1. The number of carbonyl (C=O) groups is 1. The van der Waals surface area contributed by atoms with E-state index in [4.69, 9.17) is 4.74 Å². The van der Waals surface area contributed by atoms with Crippen LogP contribution in [0.3, 0.4) is 0 Å². The molecular formula is C22H23BrN4O2. The van der Waals surface area contributed by atoms with Gasteiger partial charge in [-0.15, -0.1) is 0 Å². The van der Waals surface area contributed by atoms with Gasteiger partial charge in [0, 0.05) is 32.8 Å². The number of aromatic nitrogens is 1. The summed E-state index contributed by atoms with van der Waals surface area (Å²) in [6.45, 7) is 6.66. The standard InChI is InChI=1S/C22H23BrN4O2/c1-4-29-21-10-8-20(9-11-21)27-15(2)12-17(16(27)3)14-24-26-22(28)25-19-7-5-6-18(23)13-19/h5-14H,4H2,1-3H3,(H2,25,26,28)/b24-14+. The van der Waals surface area contributed by atoms with Gasteiger partial charge in [0.1, 0.15) is 5.75 Å². The number of hydrogen-bond acceptors (Lipinski definition) is 3. The van der Waals surface area contributed by atoms with Crippen LogP contribution in [0, 0.1) is 13.8 Å². The highest BCUT2D eigenvalue weighted by Gasteiger charge is 2.10. The van der Waals surface area contributed by atoms with Crippen molar-refractivity contribution >= 4 is 33.9 Å². The summed E-state index contributed by atoms with van der Waals surface area (Å²) in [5.74, 6) is 0.848. The lowest BCUT2D eigenvalue weighted by molar-refractivity contribution is 0.252. The molecule has 6 nitrogen and oxygen atoms in total. The SMILES string of the molecule is CCOc1ccc(-n2c(C)cc(/C=N/NC(=O)Nc3cccc(Br)c3)c2C)cc1. The molecule has 7 heteroatoms. The maximum absolute atomic E-state index is 12.0. The minimum atomic E-state index is -0.403. The van der Waals surface area contributed by atoms with Crippen molar-refractivity contribution < 1.29 is 9.53 Å². The van der Waals surface area contributed by atoms with Crippen molar-refractivity contribution in [1.29, 1.82) is 0 Å². The maximum atomic E-state index is 12.0. The molecule has 1 aromatic heterocycles.